The molecule has 2 heteroatoms. The predicted octanol–water partition coefficient (Wildman–Crippen LogP) is 5.89. The van der Waals surface area contributed by atoms with Crippen molar-refractivity contribution in [3.63, 3.8) is 0 Å². The summed E-state index contributed by atoms with van der Waals surface area (Å²) < 4.78 is 0. The second-order valence-corrected chi connectivity index (χ2v) is 7.71. The fourth-order valence-electron chi connectivity index (χ4n) is 3.06. The maximum absolute atomic E-state index is 2.45. The van der Waals surface area contributed by atoms with Crippen LogP contribution in [-0.2, 0) is 6.42 Å². The summed E-state index contributed by atoms with van der Waals surface area (Å²) in [4.78, 5) is 3.87. The molecule has 0 radical (unpaired) electrons. The van der Waals surface area contributed by atoms with Crippen molar-refractivity contribution in [1.29, 1.82) is 0 Å². The van der Waals surface area contributed by atoms with Crippen molar-refractivity contribution in [1.82, 2.24) is 4.90 Å². The van der Waals surface area contributed by atoms with Crippen molar-refractivity contribution in [3.05, 3.63) is 78.4 Å². The Balaban J connectivity index is 1.35. The molecular formula is C23H27NS. The van der Waals surface area contributed by atoms with Gasteiger partial charge in [-0.2, -0.15) is 0 Å². The van der Waals surface area contributed by atoms with E-state index in [9.17, 15) is 0 Å². The van der Waals surface area contributed by atoms with Gasteiger partial charge >= 0.3 is 0 Å². The Labute approximate surface area is 156 Å². The first kappa shape index (κ1) is 18.0. The molecule has 1 nitrogen and oxygen atoms in total. The Kier molecular flexibility index (Phi) is 6.96. The number of nitrogens with zero attached hydrogens (tertiary/aromatic N) is 1. The van der Waals surface area contributed by atoms with E-state index in [1.54, 1.807) is 0 Å². The van der Waals surface area contributed by atoms with Crippen LogP contribution in [-0.4, -0.2) is 30.8 Å². The van der Waals surface area contributed by atoms with Crippen molar-refractivity contribution >= 4 is 22.5 Å². The van der Waals surface area contributed by atoms with Crippen LogP contribution in [0.25, 0.3) is 10.8 Å². The summed E-state index contributed by atoms with van der Waals surface area (Å²) in [6, 6.07) is 26.1. The third-order valence-corrected chi connectivity index (χ3v) is 5.73. The normalized spacial score (nSPS) is 11.3. The van der Waals surface area contributed by atoms with Gasteiger partial charge in [-0.25, -0.2) is 0 Å². The molecule has 0 amide bonds. The molecule has 0 bridgehead atoms. The zero-order valence-corrected chi connectivity index (χ0v) is 15.8. The molecular weight excluding hydrogens is 322 g/mol. The maximum atomic E-state index is 2.45. The lowest BCUT2D eigenvalue weighted by molar-refractivity contribution is 0.332. The van der Waals surface area contributed by atoms with E-state index in [-0.39, 0.29) is 0 Å². The molecule has 0 N–H and O–H groups in total. The highest BCUT2D eigenvalue weighted by molar-refractivity contribution is 7.99. The Bertz CT molecular complexity index is 764. The van der Waals surface area contributed by atoms with Crippen LogP contribution in [0.4, 0.5) is 0 Å². The van der Waals surface area contributed by atoms with Crippen LogP contribution in [0, 0.1) is 0 Å². The largest absolute Gasteiger partial charge is 0.306 e. The summed E-state index contributed by atoms with van der Waals surface area (Å²) in [5.74, 6) is 1.19. The van der Waals surface area contributed by atoms with E-state index in [1.165, 1.54) is 46.4 Å². The predicted molar refractivity (Wildman–Crippen MR) is 112 cm³/mol. The molecule has 130 valence electrons. The first-order valence-corrected chi connectivity index (χ1v) is 10.1. The Hall–Kier alpha value is -1.77. The van der Waals surface area contributed by atoms with Crippen LogP contribution in [0.5, 0.6) is 0 Å². The van der Waals surface area contributed by atoms with Gasteiger partial charge in [-0.1, -0.05) is 66.7 Å². The minimum Gasteiger partial charge on any atom is -0.306 e. The molecule has 0 aliphatic rings. The summed E-state index contributed by atoms with van der Waals surface area (Å²) in [6.07, 6.45) is 3.68. The van der Waals surface area contributed by atoms with E-state index in [4.69, 9.17) is 0 Å². The van der Waals surface area contributed by atoms with Crippen LogP contribution in [0.2, 0.25) is 0 Å². The van der Waals surface area contributed by atoms with Crippen LogP contribution in [0.1, 0.15) is 18.4 Å². The molecule has 3 aromatic rings. The second kappa shape index (κ2) is 9.65. The van der Waals surface area contributed by atoms with Gasteiger partial charge in [-0.3, -0.25) is 0 Å². The first-order valence-electron chi connectivity index (χ1n) is 9.16. The fraction of sp³-hybridized carbons (Fsp3) is 0.304. The summed E-state index contributed by atoms with van der Waals surface area (Å²) in [5.41, 5.74) is 1.43. The zero-order chi connectivity index (χ0) is 17.3. The van der Waals surface area contributed by atoms with E-state index in [1.807, 2.05) is 11.8 Å². The van der Waals surface area contributed by atoms with Gasteiger partial charge in [0.1, 0.15) is 0 Å². The number of hydrogen-bond acceptors (Lipinski definition) is 2. The summed E-state index contributed by atoms with van der Waals surface area (Å²) in [5, 5.41) is 2.73. The number of fused-ring (bicyclic) bond motifs is 1. The lowest BCUT2D eigenvalue weighted by Crippen LogP contribution is -2.22. The van der Waals surface area contributed by atoms with Crippen LogP contribution >= 0.6 is 11.8 Å². The standard InChI is InChI=1S/C23H27NS/c1-24(18-16-20-10-3-2-4-11-20)17-7-8-19-25-23-15-9-13-21-12-5-6-14-22(21)23/h2-6,9-15H,7-8,16-19H2,1H3. The molecule has 0 unspecified atom stereocenters. The molecule has 0 fully saturated rings. The molecule has 0 saturated heterocycles. The quantitative estimate of drug-likeness (QED) is 0.350. The molecule has 3 aromatic carbocycles. The van der Waals surface area contributed by atoms with E-state index >= 15 is 0 Å². The second-order valence-electron chi connectivity index (χ2n) is 6.57. The molecule has 3 rings (SSSR count). The van der Waals surface area contributed by atoms with Gasteiger partial charge < -0.3 is 4.90 Å². The van der Waals surface area contributed by atoms with Crippen molar-refractivity contribution in [3.8, 4) is 0 Å². The van der Waals surface area contributed by atoms with E-state index < -0.39 is 0 Å². The van der Waals surface area contributed by atoms with Crippen LogP contribution in [0.3, 0.4) is 0 Å². The summed E-state index contributed by atoms with van der Waals surface area (Å²) >= 11 is 1.99. The van der Waals surface area contributed by atoms with Crippen molar-refractivity contribution in [2.75, 3.05) is 25.9 Å². The topological polar surface area (TPSA) is 3.24 Å². The molecule has 0 aromatic heterocycles. The average Bonchev–Trinajstić information content (AvgIpc) is 2.67. The van der Waals surface area contributed by atoms with Gasteiger partial charge in [0.2, 0.25) is 0 Å². The number of thioether (sulfide) groups is 1. The minimum absolute atomic E-state index is 1.14. The van der Waals surface area contributed by atoms with Crippen molar-refractivity contribution in [2.45, 2.75) is 24.2 Å². The lowest BCUT2D eigenvalue weighted by Gasteiger charge is -2.16. The average molecular weight is 350 g/mol. The highest BCUT2D eigenvalue weighted by Crippen LogP contribution is 2.28. The smallest absolute Gasteiger partial charge is 0.0150 e. The van der Waals surface area contributed by atoms with Gasteiger partial charge in [0.05, 0.1) is 0 Å². The van der Waals surface area contributed by atoms with E-state index in [0.29, 0.717) is 0 Å². The number of unbranched alkanes of at least 4 members (excludes halogenated alkanes) is 1. The molecule has 0 aliphatic carbocycles. The zero-order valence-electron chi connectivity index (χ0n) is 15.0. The highest BCUT2D eigenvalue weighted by atomic mass is 32.2. The van der Waals surface area contributed by atoms with Gasteiger partial charge in [0.25, 0.3) is 0 Å². The van der Waals surface area contributed by atoms with Crippen LogP contribution in [0.15, 0.2) is 77.7 Å². The van der Waals surface area contributed by atoms with Gasteiger partial charge in [0.15, 0.2) is 0 Å². The Morgan fingerprint density at radius 1 is 0.760 bits per heavy atom. The molecule has 0 spiro atoms. The molecule has 0 atom stereocenters. The van der Waals surface area contributed by atoms with Crippen molar-refractivity contribution in [2.24, 2.45) is 0 Å². The number of likely N-dealkylation sites (N-methyl/N-ethyl adjacent to an activating group) is 1. The van der Waals surface area contributed by atoms with Gasteiger partial charge in [0, 0.05) is 11.4 Å². The molecule has 25 heavy (non-hydrogen) atoms. The Morgan fingerprint density at radius 2 is 1.52 bits per heavy atom. The molecule has 0 saturated carbocycles. The van der Waals surface area contributed by atoms with Gasteiger partial charge in [-0.15, -0.1) is 11.8 Å². The number of rotatable bonds is 9. The molecule has 0 aliphatic heterocycles. The Morgan fingerprint density at radius 3 is 2.40 bits per heavy atom. The fourth-order valence-corrected chi connectivity index (χ4v) is 4.15. The molecule has 0 heterocycles. The minimum atomic E-state index is 1.14. The summed E-state index contributed by atoms with van der Waals surface area (Å²) in [7, 11) is 2.24. The van der Waals surface area contributed by atoms with Crippen LogP contribution < -0.4 is 0 Å². The SMILES string of the molecule is CN(CCCCSc1cccc2ccccc12)CCc1ccccc1. The van der Waals surface area contributed by atoms with Crippen molar-refractivity contribution < 1.29 is 0 Å². The third-order valence-electron chi connectivity index (χ3n) is 4.57. The highest BCUT2D eigenvalue weighted by Gasteiger charge is 2.02. The summed E-state index contributed by atoms with van der Waals surface area (Å²) in [6.45, 7) is 2.32. The number of benzene rings is 3. The van der Waals surface area contributed by atoms with E-state index in [2.05, 4.69) is 84.7 Å². The monoisotopic (exact) mass is 349 g/mol. The lowest BCUT2D eigenvalue weighted by atomic mass is 10.1. The van der Waals surface area contributed by atoms with E-state index in [0.717, 1.165) is 13.0 Å². The number of hydrogen-bond donors (Lipinski definition) is 0. The first-order chi connectivity index (χ1) is 12.3. The maximum Gasteiger partial charge on any atom is 0.0150 e. The van der Waals surface area contributed by atoms with Gasteiger partial charge in [-0.05, 0) is 61.0 Å². The third kappa shape index (κ3) is 5.62.